The van der Waals surface area contributed by atoms with E-state index in [0.717, 1.165) is 12.8 Å². The third-order valence-corrected chi connectivity index (χ3v) is 2.66. The van der Waals surface area contributed by atoms with Gasteiger partial charge in [0.1, 0.15) is 0 Å². The molecule has 1 aliphatic rings. The van der Waals surface area contributed by atoms with Gasteiger partial charge in [-0.1, -0.05) is 0 Å². The summed E-state index contributed by atoms with van der Waals surface area (Å²) in [6.45, 7) is 3.40. The van der Waals surface area contributed by atoms with Crippen molar-refractivity contribution in [2.45, 2.75) is 25.3 Å². The minimum absolute atomic E-state index is 0.186. The summed E-state index contributed by atoms with van der Waals surface area (Å²) in [6, 6.07) is 0. The first kappa shape index (κ1) is 10.1. The zero-order valence-corrected chi connectivity index (χ0v) is 8.62. The predicted molar refractivity (Wildman–Crippen MR) is 52.3 cm³/mol. The van der Waals surface area contributed by atoms with Crippen LogP contribution in [0.25, 0.3) is 0 Å². The van der Waals surface area contributed by atoms with Gasteiger partial charge >= 0.3 is 0 Å². The van der Waals surface area contributed by atoms with E-state index in [4.69, 9.17) is 4.74 Å². The second-order valence-electron chi connectivity index (χ2n) is 3.98. The highest BCUT2D eigenvalue weighted by molar-refractivity contribution is 5.92. The van der Waals surface area contributed by atoms with Crippen molar-refractivity contribution in [1.29, 1.82) is 0 Å². The maximum absolute atomic E-state index is 11.7. The molecule has 15 heavy (non-hydrogen) atoms. The van der Waals surface area contributed by atoms with Crippen LogP contribution in [0.5, 0.6) is 0 Å². The quantitative estimate of drug-likeness (QED) is 0.725. The molecule has 1 saturated heterocycles. The molecule has 0 saturated carbocycles. The van der Waals surface area contributed by atoms with Gasteiger partial charge in [-0.25, -0.2) is 0 Å². The Bertz CT molecular complexity index is 330. The maximum atomic E-state index is 11.7. The number of aromatic amines is 1. The van der Waals surface area contributed by atoms with Gasteiger partial charge in [-0.05, 0) is 19.8 Å². The molecule has 6 heteroatoms. The van der Waals surface area contributed by atoms with Gasteiger partial charge in [-0.15, -0.1) is 0 Å². The average molecular weight is 210 g/mol. The SMILES string of the molecule is CC1(NC(=O)c2cn[nH]n2)CCOCC1. The molecule has 1 aromatic rings. The van der Waals surface area contributed by atoms with Crippen molar-refractivity contribution in [2.75, 3.05) is 13.2 Å². The Labute approximate surface area is 87.4 Å². The van der Waals surface area contributed by atoms with Crippen LogP contribution in [-0.4, -0.2) is 40.1 Å². The Morgan fingerprint density at radius 3 is 2.93 bits per heavy atom. The number of carbonyl (C=O) groups is 1. The van der Waals surface area contributed by atoms with Crippen LogP contribution in [0, 0.1) is 0 Å². The smallest absolute Gasteiger partial charge is 0.273 e. The Hall–Kier alpha value is -1.43. The van der Waals surface area contributed by atoms with Gasteiger partial charge in [0.25, 0.3) is 5.91 Å². The first-order valence-corrected chi connectivity index (χ1v) is 4.96. The number of aromatic nitrogens is 3. The van der Waals surface area contributed by atoms with E-state index in [9.17, 15) is 4.79 Å². The number of H-pyrrole nitrogens is 1. The van der Waals surface area contributed by atoms with Crippen molar-refractivity contribution in [3.8, 4) is 0 Å². The van der Waals surface area contributed by atoms with Crippen molar-refractivity contribution in [3.05, 3.63) is 11.9 Å². The lowest BCUT2D eigenvalue weighted by atomic mass is 9.92. The largest absolute Gasteiger partial charge is 0.381 e. The molecule has 1 aromatic heterocycles. The molecule has 1 aliphatic heterocycles. The molecular weight excluding hydrogens is 196 g/mol. The van der Waals surface area contributed by atoms with E-state index in [0.29, 0.717) is 18.9 Å². The number of hydrogen-bond donors (Lipinski definition) is 2. The van der Waals surface area contributed by atoms with Gasteiger partial charge in [-0.3, -0.25) is 4.79 Å². The molecule has 2 N–H and O–H groups in total. The number of hydrogen-bond acceptors (Lipinski definition) is 4. The summed E-state index contributed by atoms with van der Waals surface area (Å²) in [4.78, 5) is 11.7. The second-order valence-corrected chi connectivity index (χ2v) is 3.98. The molecule has 2 rings (SSSR count). The summed E-state index contributed by atoms with van der Waals surface area (Å²) in [5.41, 5.74) is 0.136. The lowest BCUT2D eigenvalue weighted by Gasteiger charge is -2.34. The van der Waals surface area contributed by atoms with Gasteiger partial charge in [0.2, 0.25) is 0 Å². The van der Waals surface area contributed by atoms with E-state index >= 15 is 0 Å². The minimum Gasteiger partial charge on any atom is -0.381 e. The molecule has 82 valence electrons. The third kappa shape index (κ3) is 2.33. The van der Waals surface area contributed by atoms with Crippen LogP contribution in [0.4, 0.5) is 0 Å². The van der Waals surface area contributed by atoms with Crippen molar-refractivity contribution in [3.63, 3.8) is 0 Å². The molecule has 0 aliphatic carbocycles. The van der Waals surface area contributed by atoms with Crippen LogP contribution in [0.15, 0.2) is 6.20 Å². The number of nitrogens with zero attached hydrogens (tertiary/aromatic N) is 2. The molecule has 0 bridgehead atoms. The fourth-order valence-electron chi connectivity index (χ4n) is 1.60. The Kier molecular flexibility index (Phi) is 2.68. The van der Waals surface area contributed by atoms with Crippen molar-refractivity contribution in [2.24, 2.45) is 0 Å². The van der Waals surface area contributed by atoms with Crippen molar-refractivity contribution >= 4 is 5.91 Å². The summed E-state index contributed by atoms with van der Waals surface area (Å²) in [5.74, 6) is -0.187. The average Bonchev–Trinajstić information content (AvgIpc) is 2.70. The number of ether oxygens (including phenoxy) is 1. The van der Waals surface area contributed by atoms with Gasteiger partial charge in [0.05, 0.1) is 6.20 Å². The monoisotopic (exact) mass is 210 g/mol. The van der Waals surface area contributed by atoms with Crippen LogP contribution in [0.2, 0.25) is 0 Å². The lowest BCUT2D eigenvalue weighted by Crippen LogP contribution is -2.49. The normalized spacial score (nSPS) is 19.8. The molecule has 1 fully saturated rings. The van der Waals surface area contributed by atoms with E-state index in [1.165, 1.54) is 6.20 Å². The molecule has 0 aromatic carbocycles. The zero-order chi connectivity index (χ0) is 10.7. The maximum Gasteiger partial charge on any atom is 0.273 e. The molecule has 0 spiro atoms. The third-order valence-electron chi connectivity index (χ3n) is 2.66. The molecule has 1 amide bonds. The second kappa shape index (κ2) is 3.98. The number of rotatable bonds is 2. The molecule has 6 nitrogen and oxygen atoms in total. The molecule has 0 unspecified atom stereocenters. The highest BCUT2D eigenvalue weighted by Crippen LogP contribution is 2.19. The van der Waals surface area contributed by atoms with Crippen LogP contribution in [0.1, 0.15) is 30.3 Å². The molecular formula is C9H14N4O2. The molecule has 0 atom stereocenters. The fraction of sp³-hybridized carbons (Fsp3) is 0.667. The Balaban J connectivity index is 1.98. The molecule has 2 heterocycles. The number of nitrogens with one attached hydrogen (secondary N) is 2. The summed E-state index contributed by atoms with van der Waals surface area (Å²) in [5, 5.41) is 12.7. The van der Waals surface area contributed by atoms with Crippen molar-refractivity contribution < 1.29 is 9.53 Å². The van der Waals surface area contributed by atoms with Gasteiger partial charge in [0, 0.05) is 18.8 Å². The van der Waals surface area contributed by atoms with Gasteiger partial charge in [-0.2, -0.15) is 15.4 Å². The first-order valence-electron chi connectivity index (χ1n) is 4.96. The number of amides is 1. The van der Waals surface area contributed by atoms with Crippen molar-refractivity contribution in [1.82, 2.24) is 20.7 Å². The Morgan fingerprint density at radius 1 is 1.60 bits per heavy atom. The zero-order valence-electron chi connectivity index (χ0n) is 8.62. The van der Waals surface area contributed by atoms with Gasteiger partial charge < -0.3 is 10.1 Å². The predicted octanol–water partition coefficient (Wildman–Crippen LogP) is 0.104. The lowest BCUT2D eigenvalue weighted by molar-refractivity contribution is 0.0421. The van der Waals surface area contributed by atoms with E-state index in [-0.39, 0.29) is 11.4 Å². The van der Waals surface area contributed by atoms with E-state index < -0.39 is 0 Å². The fourth-order valence-corrected chi connectivity index (χ4v) is 1.60. The summed E-state index contributed by atoms with van der Waals surface area (Å²) < 4.78 is 5.25. The van der Waals surface area contributed by atoms with Crippen LogP contribution < -0.4 is 5.32 Å². The summed E-state index contributed by atoms with van der Waals surface area (Å²) in [7, 11) is 0. The Morgan fingerprint density at radius 2 is 2.33 bits per heavy atom. The van der Waals surface area contributed by atoms with Crippen LogP contribution >= 0.6 is 0 Å². The highest BCUT2D eigenvalue weighted by atomic mass is 16.5. The first-order chi connectivity index (χ1) is 7.20. The van der Waals surface area contributed by atoms with Crippen LogP contribution in [-0.2, 0) is 4.74 Å². The minimum atomic E-state index is -0.187. The van der Waals surface area contributed by atoms with Crippen LogP contribution in [0.3, 0.4) is 0 Å². The standard InChI is InChI=1S/C9H14N4O2/c1-9(2-4-15-5-3-9)11-8(14)7-6-10-13-12-7/h6H,2-5H2,1H3,(H,11,14)(H,10,12,13). The summed E-state index contributed by atoms with van der Waals surface area (Å²) >= 11 is 0. The van der Waals surface area contributed by atoms with E-state index in [1.807, 2.05) is 6.92 Å². The van der Waals surface area contributed by atoms with E-state index in [2.05, 4.69) is 20.7 Å². The van der Waals surface area contributed by atoms with E-state index in [1.54, 1.807) is 0 Å². The molecule has 0 radical (unpaired) electrons. The van der Waals surface area contributed by atoms with Gasteiger partial charge in [0.15, 0.2) is 5.69 Å². The summed E-state index contributed by atoms with van der Waals surface area (Å²) in [6.07, 6.45) is 3.07. The highest BCUT2D eigenvalue weighted by Gasteiger charge is 2.29. The number of carbonyl (C=O) groups excluding carboxylic acids is 1. The topological polar surface area (TPSA) is 79.9 Å².